The third-order valence-corrected chi connectivity index (χ3v) is 3.98. The largest absolute Gasteiger partial charge is 0.494 e. The quantitative estimate of drug-likeness (QED) is 0.579. The van der Waals surface area contributed by atoms with Crippen LogP contribution in [0.5, 0.6) is 5.75 Å². The SMILES string of the molecule is CC(CO)(CCCCOc1ccc(CO)cc1)NC1CC1. The number of hydrogen-bond acceptors (Lipinski definition) is 4. The second-order valence-corrected chi connectivity index (χ2v) is 6.25. The zero-order chi connectivity index (χ0) is 15.1. The smallest absolute Gasteiger partial charge is 0.119 e. The van der Waals surface area contributed by atoms with Gasteiger partial charge in [-0.1, -0.05) is 12.1 Å². The topological polar surface area (TPSA) is 61.7 Å². The molecule has 0 aromatic heterocycles. The number of hydrogen-bond donors (Lipinski definition) is 3. The molecule has 1 aromatic rings. The van der Waals surface area contributed by atoms with Crippen molar-refractivity contribution in [3.63, 3.8) is 0 Å². The molecule has 0 heterocycles. The van der Waals surface area contributed by atoms with Crippen molar-refractivity contribution in [3.8, 4) is 5.75 Å². The van der Waals surface area contributed by atoms with Crippen LogP contribution >= 0.6 is 0 Å². The summed E-state index contributed by atoms with van der Waals surface area (Å²) < 4.78 is 5.68. The molecule has 0 amide bonds. The Bertz CT molecular complexity index is 417. The summed E-state index contributed by atoms with van der Waals surface area (Å²) in [4.78, 5) is 0. The highest BCUT2D eigenvalue weighted by molar-refractivity contribution is 5.26. The van der Waals surface area contributed by atoms with Crippen LogP contribution in [0.2, 0.25) is 0 Å². The van der Waals surface area contributed by atoms with E-state index >= 15 is 0 Å². The molecular weight excluding hydrogens is 266 g/mol. The van der Waals surface area contributed by atoms with Crippen LogP contribution in [0.1, 0.15) is 44.6 Å². The van der Waals surface area contributed by atoms with Gasteiger partial charge >= 0.3 is 0 Å². The van der Waals surface area contributed by atoms with Crippen molar-refractivity contribution in [2.75, 3.05) is 13.2 Å². The van der Waals surface area contributed by atoms with Crippen molar-refractivity contribution in [2.45, 2.75) is 57.2 Å². The highest BCUT2D eigenvalue weighted by Gasteiger charge is 2.31. The average Bonchev–Trinajstić information content (AvgIpc) is 3.31. The second kappa shape index (κ2) is 7.78. The number of nitrogens with one attached hydrogen (secondary N) is 1. The summed E-state index contributed by atoms with van der Waals surface area (Å²) in [6, 6.07) is 8.13. The van der Waals surface area contributed by atoms with Gasteiger partial charge in [-0.15, -0.1) is 0 Å². The Balaban J connectivity index is 1.62. The fraction of sp³-hybridized carbons (Fsp3) is 0.647. The Hall–Kier alpha value is -1.10. The molecule has 2 rings (SSSR count). The number of benzene rings is 1. The maximum atomic E-state index is 9.53. The van der Waals surface area contributed by atoms with E-state index < -0.39 is 0 Å². The lowest BCUT2D eigenvalue weighted by Gasteiger charge is -2.29. The Morgan fingerprint density at radius 1 is 1.19 bits per heavy atom. The van der Waals surface area contributed by atoms with Crippen LogP contribution in [0, 0.1) is 0 Å². The first-order valence-corrected chi connectivity index (χ1v) is 7.86. The third-order valence-electron chi connectivity index (χ3n) is 3.98. The van der Waals surface area contributed by atoms with Gasteiger partial charge in [0.1, 0.15) is 5.75 Å². The summed E-state index contributed by atoms with van der Waals surface area (Å²) in [6.45, 7) is 3.03. The van der Waals surface area contributed by atoms with Crippen LogP contribution in [-0.4, -0.2) is 35.0 Å². The lowest BCUT2D eigenvalue weighted by atomic mass is 9.95. The predicted molar refractivity (Wildman–Crippen MR) is 83.4 cm³/mol. The minimum absolute atomic E-state index is 0.0635. The van der Waals surface area contributed by atoms with Crippen molar-refractivity contribution in [1.29, 1.82) is 0 Å². The second-order valence-electron chi connectivity index (χ2n) is 6.25. The molecule has 0 bridgehead atoms. The van der Waals surface area contributed by atoms with Crippen molar-refractivity contribution >= 4 is 0 Å². The predicted octanol–water partition coefficient (Wildman–Crippen LogP) is 2.23. The van der Waals surface area contributed by atoms with Gasteiger partial charge in [0.2, 0.25) is 0 Å². The van der Waals surface area contributed by atoms with Gasteiger partial charge in [0, 0.05) is 11.6 Å². The molecule has 3 N–H and O–H groups in total. The molecule has 1 atom stereocenters. The zero-order valence-corrected chi connectivity index (χ0v) is 12.8. The lowest BCUT2D eigenvalue weighted by molar-refractivity contribution is 0.158. The molecule has 118 valence electrons. The molecule has 1 aliphatic carbocycles. The fourth-order valence-corrected chi connectivity index (χ4v) is 2.42. The van der Waals surface area contributed by atoms with E-state index in [9.17, 15) is 5.11 Å². The summed E-state index contributed by atoms with van der Waals surface area (Å²) >= 11 is 0. The van der Waals surface area contributed by atoms with E-state index in [1.165, 1.54) is 12.8 Å². The van der Waals surface area contributed by atoms with E-state index in [0.717, 1.165) is 30.6 Å². The minimum Gasteiger partial charge on any atom is -0.494 e. The molecular formula is C17H27NO3. The molecule has 0 radical (unpaired) electrons. The number of aliphatic hydroxyl groups is 2. The lowest BCUT2D eigenvalue weighted by Crippen LogP contribution is -2.46. The first-order valence-electron chi connectivity index (χ1n) is 7.86. The van der Waals surface area contributed by atoms with Crippen molar-refractivity contribution in [3.05, 3.63) is 29.8 Å². The van der Waals surface area contributed by atoms with E-state index in [2.05, 4.69) is 12.2 Å². The molecule has 0 spiro atoms. The van der Waals surface area contributed by atoms with E-state index in [4.69, 9.17) is 9.84 Å². The maximum absolute atomic E-state index is 9.53. The van der Waals surface area contributed by atoms with Crippen LogP contribution < -0.4 is 10.1 Å². The molecule has 1 saturated carbocycles. The van der Waals surface area contributed by atoms with Crippen LogP contribution in [0.25, 0.3) is 0 Å². The van der Waals surface area contributed by atoms with E-state index in [0.29, 0.717) is 12.6 Å². The third kappa shape index (κ3) is 5.65. The van der Waals surface area contributed by atoms with E-state index in [-0.39, 0.29) is 18.8 Å². The Morgan fingerprint density at radius 2 is 1.90 bits per heavy atom. The molecule has 0 aliphatic heterocycles. The molecule has 1 aliphatic rings. The number of aliphatic hydroxyl groups excluding tert-OH is 2. The van der Waals surface area contributed by atoms with Gasteiger partial charge in [-0.2, -0.15) is 0 Å². The Kier molecular flexibility index (Phi) is 6.03. The average molecular weight is 293 g/mol. The minimum atomic E-state index is -0.149. The maximum Gasteiger partial charge on any atom is 0.119 e. The van der Waals surface area contributed by atoms with Gasteiger partial charge < -0.3 is 20.3 Å². The Morgan fingerprint density at radius 3 is 2.48 bits per heavy atom. The van der Waals surface area contributed by atoms with Crippen molar-refractivity contribution < 1.29 is 14.9 Å². The number of rotatable bonds is 10. The summed E-state index contributed by atoms with van der Waals surface area (Å²) in [7, 11) is 0. The molecule has 0 saturated heterocycles. The highest BCUT2D eigenvalue weighted by Crippen LogP contribution is 2.25. The Labute approximate surface area is 127 Å². The zero-order valence-electron chi connectivity index (χ0n) is 12.8. The number of unbranched alkanes of at least 4 members (excludes halogenated alkanes) is 1. The van der Waals surface area contributed by atoms with Crippen LogP contribution in [0.4, 0.5) is 0 Å². The fourth-order valence-electron chi connectivity index (χ4n) is 2.42. The first kappa shape index (κ1) is 16.3. The molecule has 1 unspecified atom stereocenters. The van der Waals surface area contributed by atoms with Crippen LogP contribution in [-0.2, 0) is 6.61 Å². The standard InChI is InChI=1S/C17H27NO3/c1-17(13-20,18-15-6-7-15)10-2-3-11-21-16-8-4-14(12-19)5-9-16/h4-5,8-9,15,18-20H,2-3,6-7,10-13H2,1H3. The monoisotopic (exact) mass is 293 g/mol. The summed E-state index contributed by atoms with van der Waals surface area (Å²) in [5, 5.41) is 22.0. The van der Waals surface area contributed by atoms with E-state index in [1.807, 2.05) is 24.3 Å². The highest BCUT2D eigenvalue weighted by atomic mass is 16.5. The molecule has 21 heavy (non-hydrogen) atoms. The summed E-state index contributed by atoms with van der Waals surface area (Å²) in [5.41, 5.74) is 0.747. The van der Waals surface area contributed by atoms with Gasteiger partial charge in [-0.05, 0) is 56.7 Å². The van der Waals surface area contributed by atoms with Gasteiger partial charge in [-0.25, -0.2) is 0 Å². The van der Waals surface area contributed by atoms with Gasteiger partial charge in [-0.3, -0.25) is 0 Å². The number of ether oxygens (including phenoxy) is 1. The van der Waals surface area contributed by atoms with Crippen molar-refractivity contribution in [1.82, 2.24) is 5.32 Å². The van der Waals surface area contributed by atoms with Crippen LogP contribution in [0.15, 0.2) is 24.3 Å². The normalized spacial score (nSPS) is 17.5. The summed E-state index contributed by atoms with van der Waals surface area (Å²) in [6.07, 6.45) is 5.45. The van der Waals surface area contributed by atoms with Gasteiger partial charge in [0.05, 0.1) is 19.8 Å². The molecule has 1 aromatic carbocycles. The molecule has 4 heteroatoms. The van der Waals surface area contributed by atoms with Crippen LogP contribution in [0.3, 0.4) is 0 Å². The van der Waals surface area contributed by atoms with Gasteiger partial charge in [0.15, 0.2) is 0 Å². The molecule has 1 fully saturated rings. The molecule has 4 nitrogen and oxygen atoms in total. The first-order chi connectivity index (χ1) is 10.1. The van der Waals surface area contributed by atoms with E-state index in [1.54, 1.807) is 0 Å². The van der Waals surface area contributed by atoms with Gasteiger partial charge in [0.25, 0.3) is 0 Å². The summed E-state index contributed by atoms with van der Waals surface area (Å²) in [5.74, 6) is 0.841. The van der Waals surface area contributed by atoms with Crippen molar-refractivity contribution in [2.24, 2.45) is 0 Å².